The number of phenols is 1. The molecule has 2 nitrogen and oxygen atoms in total. The van der Waals surface area contributed by atoms with Gasteiger partial charge in [0.05, 0.1) is 0 Å². The molecule has 98 valence electrons. The maximum atomic E-state index is 9.62. The van der Waals surface area contributed by atoms with Crippen LogP contribution in [0.5, 0.6) is 5.75 Å². The summed E-state index contributed by atoms with van der Waals surface area (Å²) in [5.41, 5.74) is 1.21. The van der Waals surface area contributed by atoms with Gasteiger partial charge < -0.3 is 10.0 Å². The van der Waals surface area contributed by atoms with E-state index in [2.05, 4.69) is 37.2 Å². The summed E-state index contributed by atoms with van der Waals surface area (Å²) in [5, 5.41) is 9.62. The van der Waals surface area contributed by atoms with Crippen LogP contribution in [0, 0.1) is 5.92 Å². The molecule has 0 saturated heterocycles. The molecule has 2 unspecified atom stereocenters. The Bertz CT molecular complexity index is 411. The van der Waals surface area contributed by atoms with Crippen LogP contribution >= 0.6 is 0 Å². The molecule has 2 heteroatoms. The van der Waals surface area contributed by atoms with Gasteiger partial charge in [-0.25, -0.2) is 0 Å². The molecule has 1 aliphatic rings. The van der Waals surface area contributed by atoms with Gasteiger partial charge in [-0.3, -0.25) is 0 Å². The van der Waals surface area contributed by atoms with Gasteiger partial charge in [0.2, 0.25) is 0 Å². The zero-order valence-electron chi connectivity index (χ0n) is 11.3. The van der Waals surface area contributed by atoms with E-state index in [9.17, 15) is 5.11 Å². The number of benzene rings is 1. The summed E-state index contributed by atoms with van der Waals surface area (Å²) >= 11 is 0. The van der Waals surface area contributed by atoms with Gasteiger partial charge in [0.15, 0.2) is 0 Å². The molecule has 0 saturated carbocycles. The highest BCUT2D eigenvalue weighted by molar-refractivity contribution is 5.29. The third-order valence-electron chi connectivity index (χ3n) is 3.76. The van der Waals surface area contributed by atoms with E-state index in [0.29, 0.717) is 17.7 Å². The van der Waals surface area contributed by atoms with E-state index < -0.39 is 0 Å². The van der Waals surface area contributed by atoms with Crippen LogP contribution in [-0.4, -0.2) is 24.1 Å². The van der Waals surface area contributed by atoms with Gasteiger partial charge in [0, 0.05) is 6.04 Å². The Balaban J connectivity index is 2.12. The summed E-state index contributed by atoms with van der Waals surface area (Å²) < 4.78 is 0. The molecule has 0 amide bonds. The lowest BCUT2D eigenvalue weighted by Gasteiger charge is -2.29. The molecule has 1 aromatic rings. The normalized spacial score (nSPS) is 21.2. The molecule has 1 N–H and O–H groups in total. The lowest BCUT2D eigenvalue weighted by Crippen LogP contribution is -2.22. The fraction of sp³-hybridized carbons (Fsp3) is 0.500. The van der Waals surface area contributed by atoms with E-state index >= 15 is 0 Å². The van der Waals surface area contributed by atoms with Crippen molar-refractivity contribution in [2.45, 2.75) is 31.7 Å². The third kappa shape index (κ3) is 3.36. The highest BCUT2D eigenvalue weighted by Crippen LogP contribution is 2.32. The topological polar surface area (TPSA) is 23.5 Å². The number of hydrogen-bond donors (Lipinski definition) is 1. The van der Waals surface area contributed by atoms with Crippen molar-refractivity contribution in [2.24, 2.45) is 5.92 Å². The smallest absolute Gasteiger partial charge is 0.115 e. The number of hydrogen-bond acceptors (Lipinski definition) is 2. The molecular weight excluding hydrogens is 222 g/mol. The average molecular weight is 245 g/mol. The Labute approximate surface area is 110 Å². The van der Waals surface area contributed by atoms with Crippen LogP contribution in [0.2, 0.25) is 0 Å². The molecule has 2 rings (SSSR count). The quantitative estimate of drug-likeness (QED) is 0.817. The number of rotatable bonds is 4. The number of allylic oxidation sites excluding steroid dienone is 2. The number of phenolic OH excluding ortho intramolecular Hbond substituents is 1. The molecule has 0 aromatic heterocycles. The fourth-order valence-electron chi connectivity index (χ4n) is 2.74. The summed E-state index contributed by atoms with van der Waals surface area (Å²) in [4.78, 5) is 2.25. The zero-order valence-corrected chi connectivity index (χ0v) is 11.3. The van der Waals surface area contributed by atoms with Gasteiger partial charge in [-0.05, 0) is 63.4 Å². The second kappa shape index (κ2) is 6.05. The molecule has 0 bridgehead atoms. The van der Waals surface area contributed by atoms with Crippen LogP contribution in [0.15, 0.2) is 36.4 Å². The SMILES string of the molecule is CN(C)C(CC1C=CCCC1)c1cccc(O)c1. The molecule has 0 radical (unpaired) electrons. The Hall–Kier alpha value is -1.28. The predicted molar refractivity (Wildman–Crippen MR) is 75.6 cm³/mol. The van der Waals surface area contributed by atoms with Crippen molar-refractivity contribution < 1.29 is 5.11 Å². The van der Waals surface area contributed by atoms with E-state index in [1.165, 1.54) is 24.8 Å². The lowest BCUT2D eigenvalue weighted by molar-refractivity contribution is 0.254. The van der Waals surface area contributed by atoms with Crippen LogP contribution in [0.25, 0.3) is 0 Å². The van der Waals surface area contributed by atoms with Crippen molar-refractivity contribution in [3.05, 3.63) is 42.0 Å². The van der Waals surface area contributed by atoms with E-state index in [1.54, 1.807) is 6.07 Å². The van der Waals surface area contributed by atoms with Gasteiger partial charge in [-0.15, -0.1) is 0 Å². The number of aromatic hydroxyl groups is 1. The minimum absolute atomic E-state index is 0.360. The molecular formula is C16H23NO. The second-order valence-electron chi connectivity index (χ2n) is 5.43. The highest BCUT2D eigenvalue weighted by Gasteiger charge is 2.19. The van der Waals surface area contributed by atoms with E-state index in [-0.39, 0.29) is 0 Å². The number of nitrogens with zero attached hydrogens (tertiary/aromatic N) is 1. The first-order valence-corrected chi connectivity index (χ1v) is 6.79. The molecule has 18 heavy (non-hydrogen) atoms. The Morgan fingerprint density at radius 2 is 2.22 bits per heavy atom. The van der Waals surface area contributed by atoms with Crippen molar-refractivity contribution in [1.82, 2.24) is 4.90 Å². The van der Waals surface area contributed by atoms with E-state index in [4.69, 9.17) is 0 Å². The summed E-state index contributed by atoms with van der Waals surface area (Å²) in [6.45, 7) is 0. The maximum Gasteiger partial charge on any atom is 0.115 e. The molecule has 0 aliphatic heterocycles. The van der Waals surface area contributed by atoms with Crippen LogP contribution in [0.4, 0.5) is 0 Å². The van der Waals surface area contributed by atoms with E-state index in [1.807, 2.05) is 12.1 Å². The molecule has 1 aliphatic carbocycles. The maximum absolute atomic E-state index is 9.62. The van der Waals surface area contributed by atoms with Crippen LogP contribution in [-0.2, 0) is 0 Å². The summed E-state index contributed by atoms with van der Waals surface area (Å²) in [7, 11) is 4.22. The Morgan fingerprint density at radius 1 is 1.39 bits per heavy atom. The van der Waals surface area contributed by atoms with Gasteiger partial charge in [0.25, 0.3) is 0 Å². The van der Waals surface area contributed by atoms with Crippen LogP contribution in [0.1, 0.15) is 37.3 Å². The fourth-order valence-corrected chi connectivity index (χ4v) is 2.74. The first kappa shape index (κ1) is 13.2. The molecule has 0 spiro atoms. The molecule has 1 aromatic carbocycles. The Kier molecular flexibility index (Phi) is 4.43. The standard InChI is InChI=1S/C16H23NO/c1-17(2)16(11-13-7-4-3-5-8-13)14-9-6-10-15(18)12-14/h4,6-7,9-10,12-13,16,18H,3,5,8,11H2,1-2H3. The molecule has 0 heterocycles. The first-order chi connectivity index (χ1) is 8.66. The summed E-state index contributed by atoms with van der Waals surface area (Å²) in [6.07, 6.45) is 9.63. The largest absolute Gasteiger partial charge is 0.508 e. The minimum atomic E-state index is 0.360. The van der Waals surface area contributed by atoms with Crippen LogP contribution in [0.3, 0.4) is 0 Å². The highest BCUT2D eigenvalue weighted by atomic mass is 16.3. The van der Waals surface area contributed by atoms with Crippen molar-refractivity contribution in [3.8, 4) is 5.75 Å². The summed E-state index contributed by atoms with van der Waals surface area (Å²) in [6, 6.07) is 8.03. The van der Waals surface area contributed by atoms with Gasteiger partial charge in [-0.1, -0.05) is 24.3 Å². The van der Waals surface area contributed by atoms with Crippen molar-refractivity contribution in [2.75, 3.05) is 14.1 Å². The first-order valence-electron chi connectivity index (χ1n) is 6.79. The Morgan fingerprint density at radius 3 is 2.83 bits per heavy atom. The second-order valence-corrected chi connectivity index (χ2v) is 5.43. The zero-order chi connectivity index (χ0) is 13.0. The van der Waals surface area contributed by atoms with Crippen molar-refractivity contribution >= 4 is 0 Å². The minimum Gasteiger partial charge on any atom is -0.508 e. The van der Waals surface area contributed by atoms with Crippen LogP contribution < -0.4 is 0 Å². The van der Waals surface area contributed by atoms with Gasteiger partial charge in [-0.2, -0.15) is 0 Å². The van der Waals surface area contributed by atoms with Crippen molar-refractivity contribution in [1.29, 1.82) is 0 Å². The van der Waals surface area contributed by atoms with Crippen molar-refractivity contribution in [3.63, 3.8) is 0 Å². The van der Waals surface area contributed by atoms with Gasteiger partial charge >= 0.3 is 0 Å². The van der Waals surface area contributed by atoms with E-state index in [0.717, 1.165) is 6.42 Å². The third-order valence-corrected chi connectivity index (χ3v) is 3.76. The predicted octanol–water partition coefficient (Wildman–Crippen LogP) is 3.74. The molecule has 0 fully saturated rings. The molecule has 2 atom stereocenters. The average Bonchev–Trinajstić information content (AvgIpc) is 2.37. The van der Waals surface area contributed by atoms with Gasteiger partial charge in [0.1, 0.15) is 5.75 Å². The monoisotopic (exact) mass is 245 g/mol. The summed E-state index contributed by atoms with van der Waals surface area (Å²) in [5.74, 6) is 1.03. The lowest BCUT2D eigenvalue weighted by atomic mass is 9.87.